The summed E-state index contributed by atoms with van der Waals surface area (Å²) < 4.78 is 5.34. The molecule has 17 heavy (non-hydrogen) atoms. The van der Waals surface area contributed by atoms with Gasteiger partial charge >= 0.3 is 0 Å². The first-order chi connectivity index (χ1) is 8.15. The van der Waals surface area contributed by atoms with Gasteiger partial charge in [-0.25, -0.2) is 4.90 Å². The van der Waals surface area contributed by atoms with Gasteiger partial charge in [0.2, 0.25) is 0 Å². The standard InChI is InChI=1S/C10H18N2O5/c13-5-6-7(14)8(15)9(17-6)12-4-2-1-3-11-10(12)16/h1-2,6-11,13-16H,3-5H2/t6-,7-,8-,9-,10?/m1/s1. The Morgan fingerprint density at radius 1 is 1.24 bits per heavy atom. The Morgan fingerprint density at radius 2 is 2.00 bits per heavy atom. The molecule has 2 rings (SSSR count). The van der Waals surface area contributed by atoms with Gasteiger partial charge in [-0.2, -0.15) is 0 Å². The van der Waals surface area contributed by atoms with Crippen LogP contribution in [-0.2, 0) is 4.74 Å². The lowest BCUT2D eigenvalue weighted by Gasteiger charge is -2.32. The summed E-state index contributed by atoms with van der Waals surface area (Å²) in [6.07, 6.45) is -1.25. The Labute approximate surface area is 98.9 Å². The maximum atomic E-state index is 9.83. The minimum absolute atomic E-state index is 0.373. The molecule has 1 saturated heterocycles. The van der Waals surface area contributed by atoms with Crippen LogP contribution in [-0.4, -0.2) is 75.9 Å². The number of ether oxygens (including phenoxy) is 1. The summed E-state index contributed by atoms with van der Waals surface area (Å²) in [5, 5.41) is 41.1. The van der Waals surface area contributed by atoms with Crippen LogP contribution in [0.4, 0.5) is 0 Å². The minimum Gasteiger partial charge on any atom is -0.394 e. The molecular formula is C10H18N2O5. The number of rotatable bonds is 2. The van der Waals surface area contributed by atoms with Gasteiger partial charge < -0.3 is 25.2 Å². The van der Waals surface area contributed by atoms with Gasteiger partial charge in [-0.3, -0.25) is 5.32 Å². The van der Waals surface area contributed by atoms with Gasteiger partial charge in [-0.05, 0) is 0 Å². The third-order valence-corrected chi connectivity index (χ3v) is 3.06. The molecule has 0 saturated carbocycles. The molecule has 2 aliphatic rings. The highest BCUT2D eigenvalue weighted by molar-refractivity contribution is 4.96. The number of aliphatic hydroxyl groups excluding tert-OH is 4. The second kappa shape index (κ2) is 5.40. The van der Waals surface area contributed by atoms with E-state index in [1.807, 2.05) is 12.2 Å². The lowest BCUT2D eigenvalue weighted by Crippen LogP contribution is -2.53. The van der Waals surface area contributed by atoms with E-state index in [-0.39, 0.29) is 6.61 Å². The Morgan fingerprint density at radius 3 is 2.65 bits per heavy atom. The fourth-order valence-corrected chi connectivity index (χ4v) is 2.07. The third kappa shape index (κ3) is 2.50. The van der Waals surface area contributed by atoms with Gasteiger partial charge in [-0.1, -0.05) is 12.2 Å². The van der Waals surface area contributed by atoms with Gasteiger partial charge in [0, 0.05) is 13.1 Å². The molecule has 1 unspecified atom stereocenters. The number of nitrogens with one attached hydrogen (secondary N) is 1. The van der Waals surface area contributed by atoms with Crippen molar-refractivity contribution in [2.24, 2.45) is 0 Å². The summed E-state index contributed by atoms with van der Waals surface area (Å²) in [6, 6.07) is 0. The second-order valence-electron chi connectivity index (χ2n) is 4.18. The van der Waals surface area contributed by atoms with Crippen LogP contribution in [0.1, 0.15) is 0 Å². The molecule has 0 radical (unpaired) electrons. The fraction of sp³-hybridized carbons (Fsp3) is 0.800. The Hall–Kier alpha value is -0.540. The van der Waals surface area contributed by atoms with Crippen molar-refractivity contribution in [3.05, 3.63) is 12.2 Å². The maximum Gasteiger partial charge on any atom is 0.165 e. The van der Waals surface area contributed by atoms with Crippen LogP contribution in [0.5, 0.6) is 0 Å². The van der Waals surface area contributed by atoms with Crippen molar-refractivity contribution in [3.8, 4) is 0 Å². The molecule has 5 N–H and O–H groups in total. The molecule has 2 heterocycles. The first kappa shape index (κ1) is 12.9. The molecule has 1 fully saturated rings. The Bertz CT molecular complexity index is 288. The van der Waals surface area contributed by atoms with Crippen LogP contribution in [0.25, 0.3) is 0 Å². The minimum atomic E-state index is -1.16. The van der Waals surface area contributed by atoms with E-state index < -0.39 is 30.9 Å². The molecule has 0 aromatic rings. The summed E-state index contributed by atoms with van der Waals surface area (Å²) in [5.74, 6) is 0. The maximum absolute atomic E-state index is 9.83. The van der Waals surface area contributed by atoms with Crippen molar-refractivity contribution in [1.82, 2.24) is 10.2 Å². The van der Waals surface area contributed by atoms with Crippen molar-refractivity contribution in [2.75, 3.05) is 19.7 Å². The van der Waals surface area contributed by atoms with Crippen LogP contribution >= 0.6 is 0 Å². The molecule has 0 spiro atoms. The van der Waals surface area contributed by atoms with Gasteiger partial charge in [0.25, 0.3) is 0 Å². The van der Waals surface area contributed by atoms with Gasteiger partial charge in [0.15, 0.2) is 6.35 Å². The number of nitrogens with zero attached hydrogens (tertiary/aromatic N) is 1. The molecule has 7 heteroatoms. The average Bonchev–Trinajstić information content (AvgIpc) is 2.51. The van der Waals surface area contributed by atoms with Crippen LogP contribution in [0.3, 0.4) is 0 Å². The first-order valence-electron chi connectivity index (χ1n) is 5.60. The fourth-order valence-electron chi connectivity index (χ4n) is 2.07. The Kier molecular flexibility index (Phi) is 4.10. The molecule has 0 aromatic carbocycles. The van der Waals surface area contributed by atoms with Gasteiger partial charge in [0.05, 0.1) is 6.61 Å². The molecule has 98 valence electrons. The molecule has 2 aliphatic heterocycles. The summed E-state index contributed by atoms with van der Waals surface area (Å²) in [7, 11) is 0. The monoisotopic (exact) mass is 246 g/mol. The molecule has 0 bridgehead atoms. The number of hydrogen-bond donors (Lipinski definition) is 5. The van der Waals surface area contributed by atoms with Crippen LogP contribution in [0, 0.1) is 0 Å². The van der Waals surface area contributed by atoms with E-state index >= 15 is 0 Å². The van der Waals surface area contributed by atoms with Crippen LogP contribution in [0.15, 0.2) is 12.2 Å². The molecular weight excluding hydrogens is 228 g/mol. The topological polar surface area (TPSA) is 105 Å². The smallest absolute Gasteiger partial charge is 0.165 e. The van der Waals surface area contributed by atoms with Crippen LogP contribution in [0.2, 0.25) is 0 Å². The summed E-state index contributed by atoms with van der Waals surface area (Å²) in [6.45, 7) is 0.537. The van der Waals surface area contributed by atoms with Gasteiger partial charge in [0.1, 0.15) is 24.5 Å². The molecule has 0 aromatic heterocycles. The predicted octanol–water partition coefficient (Wildman–Crippen LogP) is -2.84. The van der Waals surface area contributed by atoms with Crippen molar-refractivity contribution in [3.63, 3.8) is 0 Å². The summed E-state index contributed by atoms with van der Waals surface area (Å²) in [5.41, 5.74) is 0. The highest BCUT2D eigenvalue weighted by Gasteiger charge is 2.46. The van der Waals surface area contributed by atoms with Crippen molar-refractivity contribution >= 4 is 0 Å². The van der Waals surface area contributed by atoms with Crippen molar-refractivity contribution < 1.29 is 25.2 Å². The van der Waals surface area contributed by atoms with Crippen molar-refractivity contribution in [2.45, 2.75) is 30.9 Å². The average molecular weight is 246 g/mol. The molecule has 5 atom stereocenters. The van der Waals surface area contributed by atoms with E-state index in [0.29, 0.717) is 13.1 Å². The largest absolute Gasteiger partial charge is 0.394 e. The van der Waals surface area contributed by atoms with Crippen molar-refractivity contribution in [1.29, 1.82) is 0 Å². The SMILES string of the molecule is OC[C@H]1O[C@@H](N2CC=CCNC2O)[C@H](O)[C@@H]1O. The summed E-state index contributed by atoms with van der Waals surface area (Å²) >= 11 is 0. The normalized spacial score (nSPS) is 43.9. The molecule has 7 nitrogen and oxygen atoms in total. The van der Waals surface area contributed by atoms with E-state index in [9.17, 15) is 15.3 Å². The molecule has 0 aliphatic carbocycles. The Balaban J connectivity index is 2.08. The van der Waals surface area contributed by atoms with E-state index in [0.717, 1.165) is 0 Å². The van der Waals surface area contributed by atoms with E-state index in [1.54, 1.807) is 0 Å². The third-order valence-electron chi connectivity index (χ3n) is 3.06. The summed E-state index contributed by atoms with van der Waals surface area (Å²) in [4.78, 5) is 1.48. The van der Waals surface area contributed by atoms with E-state index in [4.69, 9.17) is 9.84 Å². The number of hydrogen-bond acceptors (Lipinski definition) is 7. The van der Waals surface area contributed by atoms with E-state index in [2.05, 4.69) is 5.32 Å². The molecule has 0 amide bonds. The lowest BCUT2D eigenvalue weighted by atomic mass is 10.1. The highest BCUT2D eigenvalue weighted by Crippen LogP contribution is 2.24. The zero-order valence-electron chi connectivity index (χ0n) is 9.31. The van der Waals surface area contributed by atoms with Gasteiger partial charge in [-0.15, -0.1) is 0 Å². The highest BCUT2D eigenvalue weighted by atomic mass is 16.6. The predicted molar refractivity (Wildman–Crippen MR) is 57.6 cm³/mol. The quantitative estimate of drug-likeness (QED) is 0.334. The zero-order valence-corrected chi connectivity index (χ0v) is 9.31. The van der Waals surface area contributed by atoms with Crippen LogP contribution < -0.4 is 5.32 Å². The second-order valence-corrected chi connectivity index (χ2v) is 4.18. The number of aliphatic hydroxyl groups is 4. The lowest BCUT2D eigenvalue weighted by molar-refractivity contribution is -0.156. The zero-order chi connectivity index (χ0) is 12.4. The first-order valence-corrected chi connectivity index (χ1v) is 5.60. The van der Waals surface area contributed by atoms with E-state index in [1.165, 1.54) is 4.90 Å².